The maximum atomic E-state index is 11.4. The maximum absolute atomic E-state index is 11.4. The van der Waals surface area contributed by atoms with Crippen LogP contribution in [0, 0.1) is 0 Å². The molecule has 2 rings (SSSR count). The van der Waals surface area contributed by atoms with Crippen molar-refractivity contribution in [3.05, 3.63) is 30.0 Å². The van der Waals surface area contributed by atoms with Crippen molar-refractivity contribution in [1.29, 1.82) is 0 Å². The van der Waals surface area contributed by atoms with Gasteiger partial charge in [0.05, 0.1) is 13.7 Å². The summed E-state index contributed by atoms with van der Waals surface area (Å²) in [5, 5.41) is 0.832. The molecular formula is C13H14O4. The van der Waals surface area contributed by atoms with Crippen LogP contribution < -0.4 is 4.74 Å². The summed E-state index contributed by atoms with van der Waals surface area (Å²) in [4.78, 5) is 11.4. The fourth-order valence-corrected chi connectivity index (χ4v) is 1.56. The highest BCUT2D eigenvalue weighted by Gasteiger charge is 2.14. The van der Waals surface area contributed by atoms with Gasteiger partial charge in [-0.15, -0.1) is 0 Å². The summed E-state index contributed by atoms with van der Waals surface area (Å²) in [7, 11) is 1.32. The van der Waals surface area contributed by atoms with Gasteiger partial charge in [-0.05, 0) is 18.6 Å². The molecule has 4 heteroatoms. The van der Waals surface area contributed by atoms with Crippen molar-refractivity contribution in [2.24, 2.45) is 0 Å². The van der Waals surface area contributed by atoms with E-state index in [1.54, 1.807) is 6.07 Å². The van der Waals surface area contributed by atoms with Gasteiger partial charge in [-0.3, -0.25) is 0 Å². The summed E-state index contributed by atoms with van der Waals surface area (Å²) >= 11 is 0. The van der Waals surface area contributed by atoms with Crippen LogP contribution in [0.1, 0.15) is 23.9 Å². The molecule has 1 heterocycles. The highest BCUT2D eigenvalue weighted by atomic mass is 16.5. The van der Waals surface area contributed by atoms with Crippen LogP contribution in [0.15, 0.2) is 28.7 Å². The van der Waals surface area contributed by atoms with E-state index in [9.17, 15) is 4.79 Å². The monoisotopic (exact) mass is 234 g/mol. The lowest BCUT2D eigenvalue weighted by molar-refractivity contribution is 0.0567. The third kappa shape index (κ3) is 2.25. The highest BCUT2D eigenvalue weighted by Crippen LogP contribution is 2.29. The first kappa shape index (κ1) is 11.5. The van der Waals surface area contributed by atoms with Crippen molar-refractivity contribution < 1.29 is 18.7 Å². The van der Waals surface area contributed by atoms with E-state index in [1.165, 1.54) is 7.11 Å². The topological polar surface area (TPSA) is 48.7 Å². The van der Waals surface area contributed by atoms with Crippen LogP contribution in [0.2, 0.25) is 0 Å². The van der Waals surface area contributed by atoms with Crippen molar-refractivity contribution >= 4 is 16.9 Å². The van der Waals surface area contributed by atoms with E-state index in [0.717, 1.165) is 11.8 Å². The summed E-state index contributed by atoms with van der Waals surface area (Å²) in [5.41, 5.74) is 0.585. The Balaban J connectivity index is 2.41. The predicted molar refractivity (Wildman–Crippen MR) is 63.3 cm³/mol. The number of hydrogen-bond donors (Lipinski definition) is 0. The number of ether oxygens (including phenoxy) is 2. The lowest BCUT2D eigenvalue weighted by Gasteiger charge is -2.03. The molecule has 0 atom stereocenters. The molecule has 1 aromatic carbocycles. The number of carbonyl (C=O) groups is 1. The Morgan fingerprint density at radius 2 is 2.24 bits per heavy atom. The summed E-state index contributed by atoms with van der Waals surface area (Å²) in [6.45, 7) is 2.65. The normalized spacial score (nSPS) is 10.5. The van der Waals surface area contributed by atoms with Gasteiger partial charge in [0.15, 0.2) is 11.3 Å². The molecule has 0 aliphatic heterocycles. The van der Waals surface area contributed by atoms with Crippen molar-refractivity contribution in [2.75, 3.05) is 13.7 Å². The number of methoxy groups -OCH3 is 1. The quantitative estimate of drug-likeness (QED) is 0.763. The van der Waals surface area contributed by atoms with Gasteiger partial charge in [0.25, 0.3) is 0 Å². The molecule has 0 aliphatic rings. The largest absolute Gasteiger partial charge is 0.490 e. The van der Waals surface area contributed by atoms with Crippen LogP contribution in [0.4, 0.5) is 0 Å². The van der Waals surface area contributed by atoms with Gasteiger partial charge in [0.2, 0.25) is 5.76 Å². The third-order valence-electron chi connectivity index (χ3n) is 2.36. The second-order valence-electron chi connectivity index (χ2n) is 3.63. The SMILES string of the molecule is CCCOc1cccc2cc(C(=O)OC)oc12. The molecule has 0 saturated heterocycles. The molecule has 2 aromatic rings. The van der Waals surface area contributed by atoms with E-state index in [2.05, 4.69) is 4.74 Å². The number of para-hydroxylation sites is 1. The van der Waals surface area contributed by atoms with Gasteiger partial charge in [-0.2, -0.15) is 0 Å². The predicted octanol–water partition coefficient (Wildman–Crippen LogP) is 3.01. The van der Waals surface area contributed by atoms with E-state index in [-0.39, 0.29) is 5.76 Å². The van der Waals surface area contributed by atoms with Gasteiger partial charge in [-0.1, -0.05) is 19.1 Å². The van der Waals surface area contributed by atoms with E-state index in [1.807, 2.05) is 25.1 Å². The van der Waals surface area contributed by atoms with Crippen molar-refractivity contribution in [1.82, 2.24) is 0 Å². The van der Waals surface area contributed by atoms with Gasteiger partial charge >= 0.3 is 5.97 Å². The lowest BCUT2D eigenvalue weighted by Crippen LogP contribution is -1.98. The Kier molecular flexibility index (Phi) is 3.32. The number of hydrogen-bond acceptors (Lipinski definition) is 4. The Morgan fingerprint density at radius 3 is 2.94 bits per heavy atom. The summed E-state index contributed by atoms with van der Waals surface area (Å²) < 4.78 is 15.6. The molecule has 0 radical (unpaired) electrons. The summed E-state index contributed by atoms with van der Waals surface area (Å²) in [6, 6.07) is 7.20. The fourth-order valence-electron chi connectivity index (χ4n) is 1.56. The average molecular weight is 234 g/mol. The van der Waals surface area contributed by atoms with Gasteiger partial charge < -0.3 is 13.9 Å². The van der Waals surface area contributed by atoms with Crippen molar-refractivity contribution in [3.8, 4) is 5.75 Å². The molecular weight excluding hydrogens is 220 g/mol. The molecule has 0 fully saturated rings. The maximum Gasteiger partial charge on any atom is 0.373 e. The van der Waals surface area contributed by atoms with Crippen LogP contribution >= 0.6 is 0 Å². The summed E-state index contributed by atoms with van der Waals surface area (Å²) in [6.07, 6.45) is 0.918. The number of rotatable bonds is 4. The van der Waals surface area contributed by atoms with Crippen LogP contribution in [0.25, 0.3) is 11.0 Å². The van der Waals surface area contributed by atoms with E-state index in [0.29, 0.717) is 17.9 Å². The minimum Gasteiger partial charge on any atom is -0.490 e. The van der Waals surface area contributed by atoms with Crippen LogP contribution in [-0.4, -0.2) is 19.7 Å². The second-order valence-corrected chi connectivity index (χ2v) is 3.63. The van der Waals surface area contributed by atoms with E-state index in [4.69, 9.17) is 9.15 Å². The molecule has 0 amide bonds. The van der Waals surface area contributed by atoms with Crippen molar-refractivity contribution in [2.45, 2.75) is 13.3 Å². The molecule has 0 saturated carbocycles. The molecule has 0 unspecified atom stereocenters. The molecule has 1 aromatic heterocycles. The molecule has 4 nitrogen and oxygen atoms in total. The molecule has 0 spiro atoms. The first-order valence-corrected chi connectivity index (χ1v) is 5.50. The molecule has 0 N–H and O–H groups in total. The van der Waals surface area contributed by atoms with Crippen LogP contribution in [0.5, 0.6) is 5.75 Å². The van der Waals surface area contributed by atoms with Crippen LogP contribution in [-0.2, 0) is 4.74 Å². The lowest BCUT2D eigenvalue weighted by atomic mass is 10.2. The standard InChI is InChI=1S/C13H14O4/c1-3-7-16-10-6-4-5-9-8-11(13(14)15-2)17-12(9)10/h4-6,8H,3,7H2,1-2H3. The zero-order chi connectivity index (χ0) is 12.3. The number of furan rings is 1. The number of fused-ring (bicyclic) bond motifs is 1. The first-order valence-electron chi connectivity index (χ1n) is 5.50. The Labute approximate surface area is 99.1 Å². The fraction of sp³-hybridized carbons (Fsp3) is 0.308. The molecule has 0 bridgehead atoms. The minimum absolute atomic E-state index is 0.190. The average Bonchev–Trinajstić information content (AvgIpc) is 2.79. The number of esters is 1. The summed E-state index contributed by atoms with van der Waals surface area (Å²) in [5.74, 6) is 0.359. The van der Waals surface area contributed by atoms with Gasteiger partial charge in [0.1, 0.15) is 0 Å². The molecule has 90 valence electrons. The zero-order valence-electron chi connectivity index (χ0n) is 9.86. The number of benzene rings is 1. The van der Waals surface area contributed by atoms with Gasteiger partial charge in [0, 0.05) is 5.39 Å². The first-order chi connectivity index (χ1) is 8.26. The zero-order valence-corrected chi connectivity index (χ0v) is 9.86. The van der Waals surface area contributed by atoms with Crippen LogP contribution in [0.3, 0.4) is 0 Å². The second kappa shape index (κ2) is 4.91. The Hall–Kier alpha value is -1.97. The third-order valence-corrected chi connectivity index (χ3v) is 2.36. The highest BCUT2D eigenvalue weighted by molar-refractivity contribution is 5.94. The minimum atomic E-state index is -0.484. The smallest absolute Gasteiger partial charge is 0.373 e. The molecule has 0 aliphatic carbocycles. The number of carbonyl (C=O) groups excluding carboxylic acids is 1. The van der Waals surface area contributed by atoms with E-state index < -0.39 is 5.97 Å². The van der Waals surface area contributed by atoms with E-state index >= 15 is 0 Å². The van der Waals surface area contributed by atoms with Crippen molar-refractivity contribution in [3.63, 3.8) is 0 Å². The molecule has 17 heavy (non-hydrogen) atoms. The van der Waals surface area contributed by atoms with Gasteiger partial charge in [-0.25, -0.2) is 4.79 Å². The Morgan fingerprint density at radius 1 is 1.41 bits per heavy atom. The Bertz CT molecular complexity index is 527.